The minimum absolute atomic E-state index is 0.0751. The summed E-state index contributed by atoms with van der Waals surface area (Å²) in [7, 11) is 1.28. The van der Waals surface area contributed by atoms with E-state index in [9.17, 15) is 17.6 Å². The van der Waals surface area contributed by atoms with E-state index in [-0.39, 0.29) is 22.8 Å². The van der Waals surface area contributed by atoms with Gasteiger partial charge in [0.15, 0.2) is 23.2 Å². The first-order chi connectivity index (χ1) is 16.4. The van der Waals surface area contributed by atoms with E-state index < -0.39 is 23.3 Å². The van der Waals surface area contributed by atoms with Crippen molar-refractivity contribution in [3.63, 3.8) is 0 Å². The van der Waals surface area contributed by atoms with Crippen LogP contribution < -0.4 is 4.74 Å². The second kappa shape index (κ2) is 10.5. The number of methoxy groups -OCH3 is 1. The van der Waals surface area contributed by atoms with Crippen LogP contribution in [0.1, 0.15) is 61.6 Å². The maximum atomic E-state index is 14.8. The average Bonchev–Trinajstić information content (AvgIpc) is 2.87. The minimum Gasteiger partial charge on any atom is -0.494 e. The van der Waals surface area contributed by atoms with Crippen LogP contribution in [0.3, 0.4) is 0 Å². The summed E-state index contributed by atoms with van der Waals surface area (Å²) in [6, 6.07) is 12.9. The van der Waals surface area contributed by atoms with Gasteiger partial charge in [-0.3, -0.25) is 0 Å². The highest BCUT2D eigenvalue weighted by atomic mass is 19.2. The summed E-state index contributed by atoms with van der Waals surface area (Å²) in [6.45, 7) is 2.18. The summed E-state index contributed by atoms with van der Waals surface area (Å²) in [6.07, 6.45) is 8.25. The molecule has 0 aliphatic heterocycles. The van der Waals surface area contributed by atoms with Crippen molar-refractivity contribution in [2.75, 3.05) is 7.11 Å². The zero-order valence-corrected chi connectivity index (χ0v) is 19.4. The van der Waals surface area contributed by atoms with Crippen LogP contribution in [0.15, 0.2) is 48.5 Å². The number of rotatable bonds is 6. The van der Waals surface area contributed by atoms with Crippen LogP contribution >= 0.6 is 0 Å². The van der Waals surface area contributed by atoms with E-state index >= 15 is 0 Å². The van der Waals surface area contributed by atoms with Crippen LogP contribution in [-0.2, 0) is 0 Å². The maximum absolute atomic E-state index is 14.8. The number of benzene rings is 3. The van der Waals surface area contributed by atoms with Gasteiger partial charge in [0, 0.05) is 11.1 Å². The number of hydrogen-bond donors (Lipinski definition) is 0. The highest BCUT2D eigenvalue weighted by Gasteiger charge is 2.25. The molecule has 0 unspecified atom stereocenters. The SMILES string of the molecule is CCC1CCC(c2ccc(C=Cc3ccc(-c4ccc(OC)c(F)c4F)cc3)c(F)c2F)CC1. The summed E-state index contributed by atoms with van der Waals surface area (Å²) < 4.78 is 62.8. The first kappa shape index (κ1) is 24.1. The van der Waals surface area contributed by atoms with Crippen LogP contribution in [0.25, 0.3) is 23.3 Å². The summed E-state index contributed by atoms with van der Waals surface area (Å²) in [5, 5.41) is 0. The lowest BCUT2D eigenvalue weighted by atomic mass is 9.77. The molecule has 0 amide bonds. The lowest BCUT2D eigenvalue weighted by Crippen LogP contribution is -2.14. The van der Waals surface area contributed by atoms with Gasteiger partial charge in [-0.05, 0) is 66.3 Å². The molecule has 3 aromatic carbocycles. The maximum Gasteiger partial charge on any atom is 0.201 e. The summed E-state index contributed by atoms with van der Waals surface area (Å²) in [4.78, 5) is 0. The zero-order chi connectivity index (χ0) is 24.2. The van der Waals surface area contributed by atoms with Crippen LogP contribution in [-0.4, -0.2) is 7.11 Å². The Morgan fingerprint density at radius 2 is 1.47 bits per heavy atom. The molecule has 0 spiro atoms. The molecule has 1 aliphatic carbocycles. The van der Waals surface area contributed by atoms with Gasteiger partial charge >= 0.3 is 0 Å². The van der Waals surface area contributed by atoms with Gasteiger partial charge < -0.3 is 4.74 Å². The van der Waals surface area contributed by atoms with Crippen LogP contribution in [0.2, 0.25) is 0 Å². The normalized spacial score (nSPS) is 18.4. The predicted octanol–water partition coefficient (Wildman–Crippen LogP) is 8.77. The van der Waals surface area contributed by atoms with Gasteiger partial charge in [-0.15, -0.1) is 0 Å². The van der Waals surface area contributed by atoms with E-state index in [2.05, 4.69) is 6.92 Å². The summed E-state index contributed by atoms with van der Waals surface area (Å²) in [5.41, 5.74) is 1.99. The molecular weight excluding hydrogens is 440 g/mol. The number of hydrogen-bond acceptors (Lipinski definition) is 1. The second-order valence-corrected chi connectivity index (χ2v) is 8.90. The third-order valence-corrected chi connectivity index (χ3v) is 6.95. The lowest BCUT2D eigenvalue weighted by molar-refractivity contribution is 0.312. The predicted molar refractivity (Wildman–Crippen MR) is 129 cm³/mol. The van der Waals surface area contributed by atoms with Crippen LogP contribution in [0.4, 0.5) is 17.6 Å². The van der Waals surface area contributed by atoms with E-state index in [1.54, 1.807) is 42.5 Å². The Kier molecular flexibility index (Phi) is 7.40. The molecule has 0 radical (unpaired) electrons. The third kappa shape index (κ3) is 4.89. The molecule has 34 heavy (non-hydrogen) atoms. The Morgan fingerprint density at radius 1 is 0.765 bits per heavy atom. The van der Waals surface area contributed by atoms with Crippen molar-refractivity contribution in [2.24, 2.45) is 5.92 Å². The molecule has 0 atom stereocenters. The number of ether oxygens (including phenoxy) is 1. The van der Waals surface area contributed by atoms with E-state index in [1.807, 2.05) is 0 Å². The van der Waals surface area contributed by atoms with E-state index in [0.717, 1.165) is 37.7 Å². The van der Waals surface area contributed by atoms with Gasteiger partial charge in [0.05, 0.1) is 7.11 Å². The van der Waals surface area contributed by atoms with Crippen LogP contribution in [0, 0.1) is 29.2 Å². The fourth-order valence-corrected chi connectivity index (χ4v) is 4.78. The fourth-order valence-electron chi connectivity index (χ4n) is 4.78. The van der Waals surface area contributed by atoms with Crippen LogP contribution in [0.5, 0.6) is 5.75 Å². The largest absolute Gasteiger partial charge is 0.494 e. The monoisotopic (exact) mass is 468 g/mol. The molecule has 3 aromatic rings. The highest BCUT2D eigenvalue weighted by molar-refractivity contribution is 5.73. The molecular formula is C29H28F4O. The Balaban J connectivity index is 1.50. The van der Waals surface area contributed by atoms with E-state index in [1.165, 1.54) is 25.3 Å². The Bertz CT molecular complexity index is 1180. The Morgan fingerprint density at radius 3 is 2.12 bits per heavy atom. The summed E-state index contributed by atoms with van der Waals surface area (Å²) in [5.74, 6) is -3.00. The van der Waals surface area contributed by atoms with Crippen molar-refractivity contribution in [3.8, 4) is 16.9 Å². The molecule has 1 nitrogen and oxygen atoms in total. The third-order valence-electron chi connectivity index (χ3n) is 6.95. The standard InChI is InChI=1S/C29H28F4O/c1-3-18-4-9-20(10-5-18)23-15-14-22(26(30)27(23)31)13-8-19-6-11-21(12-7-19)24-16-17-25(34-2)29(33)28(24)32/h6-8,11-18,20H,3-5,9-10H2,1-2H3. The summed E-state index contributed by atoms with van der Waals surface area (Å²) >= 11 is 0. The Hall–Kier alpha value is -3.08. The van der Waals surface area contributed by atoms with Crippen molar-refractivity contribution in [1.29, 1.82) is 0 Å². The smallest absolute Gasteiger partial charge is 0.201 e. The van der Waals surface area contributed by atoms with E-state index in [4.69, 9.17) is 4.74 Å². The van der Waals surface area contributed by atoms with Crippen molar-refractivity contribution >= 4 is 12.2 Å². The van der Waals surface area contributed by atoms with Gasteiger partial charge in [-0.2, -0.15) is 4.39 Å². The minimum atomic E-state index is -1.04. The zero-order valence-electron chi connectivity index (χ0n) is 19.4. The first-order valence-electron chi connectivity index (χ1n) is 11.7. The van der Waals surface area contributed by atoms with Crippen molar-refractivity contribution in [2.45, 2.75) is 44.9 Å². The molecule has 0 saturated heterocycles. The van der Waals surface area contributed by atoms with Crippen molar-refractivity contribution in [1.82, 2.24) is 0 Å². The fraction of sp³-hybridized carbons (Fsp3) is 0.310. The molecule has 0 bridgehead atoms. The molecule has 4 rings (SSSR count). The van der Waals surface area contributed by atoms with Gasteiger partial charge in [0.2, 0.25) is 5.82 Å². The molecule has 178 valence electrons. The molecule has 1 saturated carbocycles. The molecule has 1 fully saturated rings. The highest BCUT2D eigenvalue weighted by Crippen LogP contribution is 2.39. The Labute approximate surface area is 198 Å². The second-order valence-electron chi connectivity index (χ2n) is 8.90. The first-order valence-corrected chi connectivity index (χ1v) is 11.7. The van der Waals surface area contributed by atoms with Gasteiger partial charge in [0.1, 0.15) is 0 Å². The average molecular weight is 469 g/mol. The topological polar surface area (TPSA) is 9.23 Å². The van der Waals surface area contributed by atoms with E-state index in [0.29, 0.717) is 17.0 Å². The molecule has 0 aromatic heterocycles. The van der Waals surface area contributed by atoms with Crippen molar-refractivity contribution in [3.05, 3.63) is 88.5 Å². The molecule has 5 heteroatoms. The van der Waals surface area contributed by atoms with Gasteiger partial charge in [-0.1, -0.05) is 61.9 Å². The molecule has 0 heterocycles. The lowest BCUT2D eigenvalue weighted by Gasteiger charge is -2.28. The molecule has 1 aliphatic rings. The van der Waals surface area contributed by atoms with Gasteiger partial charge in [0.25, 0.3) is 0 Å². The quantitative estimate of drug-likeness (QED) is 0.259. The van der Waals surface area contributed by atoms with Crippen molar-refractivity contribution < 1.29 is 22.3 Å². The number of halogens is 4. The van der Waals surface area contributed by atoms with Gasteiger partial charge in [-0.25, -0.2) is 13.2 Å². The molecule has 0 N–H and O–H groups in total.